The first-order valence-corrected chi connectivity index (χ1v) is 7.05. The standard InChI is InChI=1S/C13H20N6O/c1-9-4-6-13(8-14,7-5-9)15-10-2-3-11-16-17-12(20)19(11)18-10/h2-3,9H,4-8,14H2,1H3,(H,15,18)(H,17,20). The average molecular weight is 276 g/mol. The number of rotatable bonds is 3. The van der Waals surface area contributed by atoms with Gasteiger partial charge in [0, 0.05) is 6.54 Å². The highest BCUT2D eigenvalue weighted by Crippen LogP contribution is 2.33. The number of H-pyrrole nitrogens is 1. The minimum absolute atomic E-state index is 0.111. The van der Waals surface area contributed by atoms with E-state index in [-0.39, 0.29) is 11.2 Å². The summed E-state index contributed by atoms with van der Waals surface area (Å²) in [6, 6.07) is 3.61. The summed E-state index contributed by atoms with van der Waals surface area (Å²) >= 11 is 0. The summed E-state index contributed by atoms with van der Waals surface area (Å²) in [5, 5.41) is 14.0. The Bertz CT molecular complexity index is 652. The van der Waals surface area contributed by atoms with E-state index in [1.54, 1.807) is 6.07 Å². The quantitative estimate of drug-likeness (QED) is 0.767. The molecule has 0 bridgehead atoms. The number of anilines is 1. The molecule has 0 spiro atoms. The van der Waals surface area contributed by atoms with Gasteiger partial charge in [-0.2, -0.15) is 9.61 Å². The highest BCUT2D eigenvalue weighted by molar-refractivity contribution is 5.44. The Balaban J connectivity index is 1.87. The molecule has 7 heteroatoms. The molecule has 0 amide bonds. The third-order valence-corrected chi connectivity index (χ3v) is 4.29. The van der Waals surface area contributed by atoms with Crippen molar-refractivity contribution in [1.29, 1.82) is 0 Å². The Labute approximate surface area is 116 Å². The van der Waals surface area contributed by atoms with Crippen LogP contribution in [-0.4, -0.2) is 31.9 Å². The largest absolute Gasteiger partial charge is 0.364 e. The lowest BCUT2D eigenvalue weighted by Gasteiger charge is -2.39. The van der Waals surface area contributed by atoms with E-state index < -0.39 is 0 Å². The van der Waals surface area contributed by atoms with Crippen molar-refractivity contribution in [2.45, 2.75) is 38.1 Å². The average Bonchev–Trinajstić information content (AvgIpc) is 2.83. The second-order valence-corrected chi connectivity index (χ2v) is 5.81. The predicted octanol–water partition coefficient (Wildman–Crippen LogP) is 0.737. The second-order valence-electron chi connectivity index (χ2n) is 5.81. The Hall–Kier alpha value is -1.89. The minimum atomic E-state index is -0.331. The fourth-order valence-corrected chi connectivity index (χ4v) is 2.84. The number of hydrogen-bond donors (Lipinski definition) is 3. The Kier molecular flexibility index (Phi) is 3.21. The number of hydrogen-bond acceptors (Lipinski definition) is 5. The lowest BCUT2D eigenvalue weighted by Crippen LogP contribution is -2.48. The molecule has 0 radical (unpaired) electrons. The summed E-state index contributed by atoms with van der Waals surface area (Å²) in [6.45, 7) is 2.84. The third kappa shape index (κ3) is 2.29. The lowest BCUT2D eigenvalue weighted by atomic mass is 9.77. The van der Waals surface area contributed by atoms with Gasteiger partial charge in [0.1, 0.15) is 5.82 Å². The third-order valence-electron chi connectivity index (χ3n) is 4.29. The van der Waals surface area contributed by atoms with Crippen molar-refractivity contribution < 1.29 is 0 Å². The van der Waals surface area contributed by atoms with Gasteiger partial charge >= 0.3 is 5.69 Å². The first-order chi connectivity index (χ1) is 9.62. The summed E-state index contributed by atoms with van der Waals surface area (Å²) in [4.78, 5) is 11.5. The van der Waals surface area contributed by atoms with Crippen LogP contribution in [0.5, 0.6) is 0 Å². The second kappa shape index (κ2) is 4.90. The van der Waals surface area contributed by atoms with Crippen LogP contribution in [0.15, 0.2) is 16.9 Å². The Morgan fingerprint density at radius 2 is 2.25 bits per heavy atom. The molecule has 7 nitrogen and oxygen atoms in total. The van der Waals surface area contributed by atoms with Crippen LogP contribution in [0.4, 0.5) is 5.82 Å². The van der Waals surface area contributed by atoms with Crippen molar-refractivity contribution in [3.8, 4) is 0 Å². The fraction of sp³-hybridized carbons (Fsp3) is 0.615. The SMILES string of the molecule is CC1CCC(CN)(Nc2ccc3n[nH]c(=O)n3n2)CC1. The number of nitrogens with one attached hydrogen (secondary N) is 2. The summed E-state index contributed by atoms with van der Waals surface area (Å²) in [5.74, 6) is 1.42. The molecule has 1 aliphatic carbocycles. The van der Waals surface area contributed by atoms with Gasteiger partial charge in [0.25, 0.3) is 0 Å². The number of fused-ring (bicyclic) bond motifs is 1. The van der Waals surface area contributed by atoms with Gasteiger partial charge in [0.15, 0.2) is 5.65 Å². The first kappa shape index (κ1) is 13.1. The maximum absolute atomic E-state index is 11.5. The molecule has 0 aliphatic heterocycles. The van der Waals surface area contributed by atoms with E-state index >= 15 is 0 Å². The summed E-state index contributed by atoms with van der Waals surface area (Å²) in [7, 11) is 0. The van der Waals surface area contributed by atoms with E-state index in [9.17, 15) is 4.79 Å². The van der Waals surface area contributed by atoms with Crippen molar-refractivity contribution in [3.05, 3.63) is 22.6 Å². The van der Waals surface area contributed by atoms with Gasteiger partial charge < -0.3 is 11.1 Å². The highest BCUT2D eigenvalue weighted by Gasteiger charge is 2.33. The molecular weight excluding hydrogens is 256 g/mol. The summed E-state index contributed by atoms with van der Waals surface area (Å²) < 4.78 is 1.26. The van der Waals surface area contributed by atoms with E-state index in [0.29, 0.717) is 18.0 Å². The van der Waals surface area contributed by atoms with Crippen LogP contribution in [-0.2, 0) is 0 Å². The van der Waals surface area contributed by atoms with Gasteiger partial charge in [0.05, 0.1) is 5.54 Å². The molecule has 2 aromatic heterocycles. The Morgan fingerprint density at radius 3 is 2.95 bits per heavy atom. The molecule has 4 N–H and O–H groups in total. The molecule has 1 saturated carbocycles. The first-order valence-electron chi connectivity index (χ1n) is 7.05. The summed E-state index contributed by atoms with van der Waals surface area (Å²) in [5.41, 5.74) is 6.05. The van der Waals surface area contributed by atoms with Crippen molar-refractivity contribution in [3.63, 3.8) is 0 Å². The van der Waals surface area contributed by atoms with Gasteiger partial charge in [-0.1, -0.05) is 6.92 Å². The molecule has 0 saturated heterocycles. The minimum Gasteiger partial charge on any atom is -0.362 e. The van der Waals surface area contributed by atoms with Gasteiger partial charge in [-0.15, -0.1) is 5.10 Å². The van der Waals surface area contributed by atoms with Crippen molar-refractivity contribution in [2.24, 2.45) is 11.7 Å². The topological polar surface area (TPSA) is 101 Å². The molecule has 2 heterocycles. The normalized spacial score (nSPS) is 26.8. The van der Waals surface area contributed by atoms with E-state index in [2.05, 4.69) is 27.5 Å². The number of nitrogens with two attached hydrogens (primary N) is 1. The molecule has 0 atom stereocenters. The monoisotopic (exact) mass is 276 g/mol. The Morgan fingerprint density at radius 1 is 1.50 bits per heavy atom. The van der Waals surface area contributed by atoms with Gasteiger partial charge in [-0.05, 0) is 43.7 Å². The zero-order chi connectivity index (χ0) is 14.2. The van der Waals surface area contributed by atoms with Crippen molar-refractivity contribution in [2.75, 3.05) is 11.9 Å². The predicted molar refractivity (Wildman–Crippen MR) is 76.6 cm³/mol. The van der Waals surface area contributed by atoms with Crippen LogP contribution >= 0.6 is 0 Å². The lowest BCUT2D eigenvalue weighted by molar-refractivity contribution is 0.271. The smallest absolute Gasteiger partial charge is 0.362 e. The molecule has 20 heavy (non-hydrogen) atoms. The zero-order valence-corrected chi connectivity index (χ0v) is 11.6. The van der Waals surface area contributed by atoms with E-state index in [0.717, 1.165) is 31.6 Å². The highest BCUT2D eigenvalue weighted by atomic mass is 16.2. The maximum atomic E-state index is 11.5. The maximum Gasteiger partial charge on any atom is 0.364 e. The van der Waals surface area contributed by atoms with Crippen LogP contribution in [0, 0.1) is 5.92 Å². The summed E-state index contributed by atoms with van der Waals surface area (Å²) in [6.07, 6.45) is 4.39. The molecule has 3 rings (SSSR count). The van der Waals surface area contributed by atoms with Crippen LogP contribution in [0.25, 0.3) is 5.65 Å². The molecule has 2 aromatic rings. The van der Waals surface area contributed by atoms with E-state index in [1.165, 1.54) is 4.52 Å². The molecular formula is C13H20N6O. The van der Waals surface area contributed by atoms with Gasteiger partial charge in [-0.25, -0.2) is 9.89 Å². The molecule has 1 aliphatic rings. The number of aromatic nitrogens is 4. The van der Waals surface area contributed by atoms with Crippen LogP contribution in [0.2, 0.25) is 0 Å². The molecule has 108 valence electrons. The van der Waals surface area contributed by atoms with E-state index in [1.807, 2.05) is 6.07 Å². The van der Waals surface area contributed by atoms with Crippen molar-refractivity contribution in [1.82, 2.24) is 19.8 Å². The van der Waals surface area contributed by atoms with Crippen LogP contribution in [0.3, 0.4) is 0 Å². The van der Waals surface area contributed by atoms with Crippen LogP contribution in [0.1, 0.15) is 32.6 Å². The zero-order valence-electron chi connectivity index (χ0n) is 11.6. The van der Waals surface area contributed by atoms with Crippen molar-refractivity contribution >= 4 is 11.5 Å². The fourth-order valence-electron chi connectivity index (χ4n) is 2.84. The van der Waals surface area contributed by atoms with E-state index in [4.69, 9.17) is 5.73 Å². The molecule has 0 unspecified atom stereocenters. The molecule has 1 fully saturated rings. The van der Waals surface area contributed by atoms with Gasteiger partial charge in [-0.3, -0.25) is 0 Å². The number of nitrogens with zero attached hydrogens (tertiary/aromatic N) is 3. The molecule has 0 aromatic carbocycles. The van der Waals surface area contributed by atoms with Gasteiger partial charge in [0.2, 0.25) is 0 Å². The number of aromatic amines is 1. The van der Waals surface area contributed by atoms with Crippen LogP contribution < -0.4 is 16.7 Å².